The van der Waals surface area contributed by atoms with E-state index in [2.05, 4.69) is 6.58 Å². The van der Waals surface area contributed by atoms with Crippen molar-refractivity contribution in [3.63, 3.8) is 0 Å². The third-order valence-electron chi connectivity index (χ3n) is 3.30. The van der Waals surface area contributed by atoms with Crippen molar-refractivity contribution in [1.82, 2.24) is 0 Å². The minimum Gasteiger partial charge on any atom is -0.460 e. The monoisotopic (exact) mass is 224 g/mol. The lowest BCUT2D eigenvalue weighted by atomic mass is 9.82. The number of ketones is 1. The van der Waals surface area contributed by atoms with Crippen LogP contribution in [0.1, 0.15) is 38.4 Å². The summed E-state index contributed by atoms with van der Waals surface area (Å²) in [6, 6.07) is 5.72. The second-order valence-corrected chi connectivity index (χ2v) is 4.43. The molecule has 0 saturated carbocycles. The Kier molecular flexibility index (Phi) is 1.90. The van der Waals surface area contributed by atoms with Crippen molar-refractivity contribution in [2.24, 2.45) is 0 Å². The minimum absolute atomic E-state index is 0.0424. The van der Waals surface area contributed by atoms with Gasteiger partial charge in [0.2, 0.25) is 5.78 Å². The van der Waals surface area contributed by atoms with Crippen LogP contribution in [0.3, 0.4) is 0 Å². The van der Waals surface area contributed by atoms with Gasteiger partial charge < -0.3 is 4.42 Å². The second-order valence-electron chi connectivity index (χ2n) is 4.43. The zero-order chi connectivity index (χ0) is 12.2. The molecule has 1 aromatic carbocycles. The highest BCUT2D eigenvalue weighted by Gasteiger charge is 2.31. The van der Waals surface area contributed by atoms with Gasteiger partial charge in [0, 0.05) is 11.1 Å². The normalized spacial score (nSPS) is 13.5. The molecule has 3 rings (SSSR count). The molecule has 0 atom stereocenters. The van der Waals surface area contributed by atoms with Crippen molar-refractivity contribution in [3.05, 3.63) is 64.6 Å². The Labute approximate surface area is 99.6 Å². The van der Waals surface area contributed by atoms with Gasteiger partial charge in [-0.2, -0.15) is 0 Å². The Hall–Kier alpha value is -2.09. The van der Waals surface area contributed by atoms with Crippen LogP contribution in [0, 0.1) is 13.8 Å². The molecule has 0 bridgehead atoms. The Morgan fingerprint density at radius 3 is 2.65 bits per heavy atom. The quantitative estimate of drug-likeness (QED) is 0.585. The van der Waals surface area contributed by atoms with Gasteiger partial charge in [-0.1, -0.05) is 24.8 Å². The van der Waals surface area contributed by atoms with Crippen molar-refractivity contribution < 1.29 is 9.21 Å². The van der Waals surface area contributed by atoms with Gasteiger partial charge in [-0.25, -0.2) is 0 Å². The van der Waals surface area contributed by atoms with Crippen LogP contribution >= 0.6 is 0 Å². The van der Waals surface area contributed by atoms with E-state index in [1.54, 1.807) is 6.26 Å². The van der Waals surface area contributed by atoms with Crippen LogP contribution in [0.15, 0.2) is 35.5 Å². The van der Waals surface area contributed by atoms with Crippen LogP contribution in [-0.2, 0) is 0 Å². The van der Waals surface area contributed by atoms with E-state index in [1.165, 1.54) is 0 Å². The molecule has 17 heavy (non-hydrogen) atoms. The summed E-state index contributed by atoms with van der Waals surface area (Å²) in [5.74, 6) is 0.379. The highest BCUT2D eigenvalue weighted by atomic mass is 16.3. The Morgan fingerprint density at radius 2 is 1.88 bits per heavy atom. The molecule has 1 aliphatic carbocycles. The van der Waals surface area contributed by atoms with E-state index in [4.69, 9.17) is 4.42 Å². The molecule has 84 valence electrons. The lowest BCUT2D eigenvalue weighted by molar-refractivity contribution is 0.101. The molecule has 1 aromatic heterocycles. The summed E-state index contributed by atoms with van der Waals surface area (Å²) < 4.78 is 5.36. The predicted molar refractivity (Wildman–Crippen MR) is 66.2 cm³/mol. The molecule has 0 aliphatic heterocycles. The SMILES string of the molecule is C=C1c2c(C)cccc2C(=O)c2occ(C)c21. The second kappa shape index (κ2) is 3.20. The van der Waals surface area contributed by atoms with Crippen molar-refractivity contribution in [3.8, 4) is 0 Å². The van der Waals surface area contributed by atoms with Crippen molar-refractivity contribution in [1.29, 1.82) is 0 Å². The largest absolute Gasteiger partial charge is 0.460 e. The third-order valence-corrected chi connectivity index (χ3v) is 3.30. The summed E-state index contributed by atoms with van der Waals surface area (Å²) in [7, 11) is 0. The molecule has 0 amide bonds. The first-order valence-electron chi connectivity index (χ1n) is 5.53. The molecule has 0 spiro atoms. The number of benzene rings is 1. The summed E-state index contributed by atoms with van der Waals surface area (Å²) in [6.07, 6.45) is 1.62. The van der Waals surface area contributed by atoms with E-state index in [-0.39, 0.29) is 5.78 Å². The first-order chi connectivity index (χ1) is 8.11. The number of carbonyl (C=O) groups is 1. The number of furan rings is 1. The van der Waals surface area contributed by atoms with Crippen LogP contribution in [-0.4, -0.2) is 5.78 Å². The van der Waals surface area contributed by atoms with E-state index in [1.807, 2.05) is 32.0 Å². The lowest BCUT2D eigenvalue weighted by Gasteiger charge is -2.19. The Morgan fingerprint density at radius 1 is 1.12 bits per heavy atom. The summed E-state index contributed by atoms with van der Waals surface area (Å²) in [5.41, 5.74) is 5.43. The van der Waals surface area contributed by atoms with Gasteiger partial charge in [-0.3, -0.25) is 4.79 Å². The molecule has 0 radical (unpaired) electrons. The summed E-state index contributed by atoms with van der Waals surface area (Å²) in [5, 5.41) is 0. The molecule has 2 aromatic rings. The van der Waals surface area contributed by atoms with Crippen LogP contribution in [0.4, 0.5) is 0 Å². The molecule has 1 aliphatic rings. The maximum Gasteiger partial charge on any atom is 0.229 e. The molecule has 1 heterocycles. The van der Waals surface area contributed by atoms with Crippen molar-refractivity contribution in [2.75, 3.05) is 0 Å². The maximum absolute atomic E-state index is 12.3. The molecule has 0 saturated heterocycles. The van der Waals surface area contributed by atoms with Gasteiger partial charge in [0.05, 0.1) is 6.26 Å². The Balaban J connectivity index is 2.39. The van der Waals surface area contributed by atoms with Gasteiger partial charge in [0.25, 0.3) is 0 Å². The van der Waals surface area contributed by atoms with Gasteiger partial charge >= 0.3 is 0 Å². The summed E-state index contributed by atoms with van der Waals surface area (Å²) >= 11 is 0. The van der Waals surface area contributed by atoms with Gasteiger partial charge in [0.1, 0.15) is 0 Å². The number of hydrogen-bond acceptors (Lipinski definition) is 2. The molecular formula is C15H12O2. The summed E-state index contributed by atoms with van der Waals surface area (Å²) in [4.78, 5) is 12.3. The van der Waals surface area contributed by atoms with Gasteiger partial charge in [-0.15, -0.1) is 0 Å². The molecule has 2 heteroatoms. The molecular weight excluding hydrogens is 212 g/mol. The van der Waals surface area contributed by atoms with E-state index >= 15 is 0 Å². The van der Waals surface area contributed by atoms with Crippen LogP contribution in [0.2, 0.25) is 0 Å². The smallest absolute Gasteiger partial charge is 0.229 e. The fourth-order valence-electron chi connectivity index (χ4n) is 2.49. The van der Waals surface area contributed by atoms with Gasteiger partial charge in [0.15, 0.2) is 5.76 Å². The third kappa shape index (κ3) is 1.18. The predicted octanol–water partition coefficient (Wildman–Crippen LogP) is 3.50. The number of carbonyl (C=O) groups excluding carboxylic acids is 1. The highest BCUT2D eigenvalue weighted by Crippen LogP contribution is 2.38. The lowest BCUT2D eigenvalue weighted by Crippen LogP contribution is -2.13. The van der Waals surface area contributed by atoms with E-state index < -0.39 is 0 Å². The molecule has 0 fully saturated rings. The fourth-order valence-corrected chi connectivity index (χ4v) is 2.49. The van der Waals surface area contributed by atoms with E-state index in [0.29, 0.717) is 11.3 Å². The number of aryl methyl sites for hydroxylation is 2. The standard InChI is InChI=1S/C15H12O2/c1-8-5-4-6-11-12(8)10(3)13-9(2)7-17-15(13)14(11)16/h4-7H,3H2,1-2H3. The van der Waals surface area contributed by atoms with Crippen LogP contribution < -0.4 is 0 Å². The maximum atomic E-state index is 12.3. The Bertz CT molecular complexity index is 660. The average Bonchev–Trinajstić information content (AvgIpc) is 2.68. The fraction of sp³-hybridized carbons (Fsp3) is 0.133. The molecule has 2 nitrogen and oxygen atoms in total. The van der Waals surface area contributed by atoms with E-state index in [9.17, 15) is 4.79 Å². The van der Waals surface area contributed by atoms with Crippen molar-refractivity contribution in [2.45, 2.75) is 13.8 Å². The molecule has 0 N–H and O–H groups in total. The topological polar surface area (TPSA) is 30.2 Å². The number of rotatable bonds is 0. The van der Waals surface area contributed by atoms with Crippen LogP contribution in [0.5, 0.6) is 0 Å². The zero-order valence-corrected chi connectivity index (χ0v) is 9.83. The zero-order valence-electron chi connectivity index (χ0n) is 9.83. The molecule has 0 unspecified atom stereocenters. The van der Waals surface area contributed by atoms with E-state index in [0.717, 1.165) is 27.8 Å². The van der Waals surface area contributed by atoms with Crippen molar-refractivity contribution >= 4 is 11.4 Å². The van der Waals surface area contributed by atoms with Gasteiger partial charge in [-0.05, 0) is 36.1 Å². The average molecular weight is 224 g/mol. The summed E-state index contributed by atoms with van der Waals surface area (Å²) in [6.45, 7) is 8.05. The highest BCUT2D eigenvalue weighted by molar-refractivity contribution is 6.17. The first kappa shape index (κ1) is 10.1. The number of hydrogen-bond donors (Lipinski definition) is 0. The minimum atomic E-state index is -0.0424. The first-order valence-corrected chi connectivity index (χ1v) is 5.53. The van der Waals surface area contributed by atoms with Crippen LogP contribution in [0.25, 0.3) is 5.57 Å². The number of fused-ring (bicyclic) bond motifs is 2.